The van der Waals surface area contributed by atoms with E-state index in [1.54, 1.807) is 13.1 Å². The third kappa shape index (κ3) is 5.20. The molecule has 1 atom stereocenters. The maximum atomic E-state index is 13.7. The van der Waals surface area contributed by atoms with Crippen LogP contribution in [0, 0.1) is 17.6 Å². The highest BCUT2D eigenvalue weighted by atomic mass is 19.2. The second kappa shape index (κ2) is 9.85. The average molecular weight is 392 g/mol. The molecule has 1 aromatic rings. The number of benzene rings is 1. The third-order valence-electron chi connectivity index (χ3n) is 5.74. The van der Waals surface area contributed by atoms with Gasteiger partial charge in [-0.05, 0) is 37.3 Å². The molecule has 3 rings (SSSR count). The van der Waals surface area contributed by atoms with E-state index in [-0.39, 0.29) is 12.0 Å². The molecule has 1 aliphatic carbocycles. The Bertz CT molecular complexity index is 704. The van der Waals surface area contributed by atoms with Gasteiger partial charge in [0.05, 0.1) is 0 Å². The molecule has 1 aromatic carbocycles. The monoisotopic (exact) mass is 392 g/mol. The van der Waals surface area contributed by atoms with E-state index in [0.29, 0.717) is 36.9 Å². The highest BCUT2D eigenvalue weighted by Gasteiger charge is 2.31. The molecule has 28 heavy (non-hydrogen) atoms. The van der Waals surface area contributed by atoms with Gasteiger partial charge < -0.3 is 15.5 Å². The third-order valence-corrected chi connectivity index (χ3v) is 5.74. The Balaban J connectivity index is 1.43. The smallest absolute Gasteiger partial charge is 0.225 e. The van der Waals surface area contributed by atoms with Gasteiger partial charge in [-0.25, -0.2) is 8.78 Å². The van der Waals surface area contributed by atoms with Crippen LogP contribution in [-0.4, -0.2) is 49.5 Å². The first kappa shape index (κ1) is 20.6. The molecule has 1 unspecified atom stereocenters. The number of likely N-dealkylation sites (tertiary alicyclic amines) is 1. The van der Waals surface area contributed by atoms with E-state index in [1.165, 1.54) is 12.5 Å². The molecule has 1 saturated carbocycles. The molecule has 0 bridgehead atoms. The molecule has 5 nitrogen and oxygen atoms in total. The van der Waals surface area contributed by atoms with Crippen molar-refractivity contribution in [1.82, 2.24) is 15.5 Å². The molecule has 0 aromatic heterocycles. The van der Waals surface area contributed by atoms with Crippen molar-refractivity contribution >= 4 is 11.9 Å². The summed E-state index contributed by atoms with van der Waals surface area (Å²) in [4.78, 5) is 18.9. The van der Waals surface area contributed by atoms with Crippen LogP contribution in [0.4, 0.5) is 8.78 Å². The number of aliphatic imine (C=N–C) groups is 1. The van der Waals surface area contributed by atoms with Gasteiger partial charge in [-0.1, -0.05) is 31.4 Å². The summed E-state index contributed by atoms with van der Waals surface area (Å²) in [5.74, 6) is -0.498. The second-order valence-corrected chi connectivity index (χ2v) is 7.71. The van der Waals surface area contributed by atoms with Crippen LogP contribution in [0.5, 0.6) is 0 Å². The SMILES string of the molecule is CN=C(NCCc1cccc(F)c1F)NC1CCN(C(=O)C2CCCCC2)C1. The van der Waals surface area contributed by atoms with E-state index < -0.39 is 11.6 Å². The normalized spacial score (nSPS) is 21.0. The van der Waals surface area contributed by atoms with Crippen molar-refractivity contribution < 1.29 is 13.6 Å². The van der Waals surface area contributed by atoms with Crippen molar-refractivity contribution in [2.45, 2.75) is 51.0 Å². The fourth-order valence-electron chi connectivity index (χ4n) is 4.13. The lowest BCUT2D eigenvalue weighted by atomic mass is 9.88. The standard InChI is InChI=1S/C21H30F2N4O/c1-24-21(25-12-10-15-8-5-9-18(22)19(15)23)26-17-11-13-27(14-17)20(28)16-6-3-2-4-7-16/h5,8-9,16-17H,2-4,6-7,10-14H2,1H3,(H2,24,25,26). The Morgan fingerprint density at radius 3 is 2.75 bits per heavy atom. The van der Waals surface area contributed by atoms with Crippen LogP contribution in [0.25, 0.3) is 0 Å². The number of nitrogens with one attached hydrogen (secondary N) is 2. The molecular weight excluding hydrogens is 362 g/mol. The molecule has 2 fully saturated rings. The van der Waals surface area contributed by atoms with Gasteiger partial charge in [-0.2, -0.15) is 0 Å². The Morgan fingerprint density at radius 2 is 2.00 bits per heavy atom. The fourth-order valence-corrected chi connectivity index (χ4v) is 4.13. The predicted octanol–water partition coefficient (Wildman–Crippen LogP) is 2.85. The van der Waals surface area contributed by atoms with Crippen LogP contribution >= 0.6 is 0 Å². The molecular formula is C21H30F2N4O. The largest absolute Gasteiger partial charge is 0.356 e. The van der Waals surface area contributed by atoms with E-state index in [9.17, 15) is 13.6 Å². The highest BCUT2D eigenvalue weighted by Crippen LogP contribution is 2.26. The van der Waals surface area contributed by atoms with Crippen molar-refractivity contribution in [2.75, 3.05) is 26.7 Å². The topological polar surface area (TPSA) is 56.7 Å². The summed E-state index contributed by atoms with van der Waals surface area (Å²) in [6, 6.07) is 4.37. The zero-order valence-corrected chi connectivity index (χ0v) is 16.5. The van der Waals surface area contributed by atoms with Crippen LogP contribution in [0.3, 0.4) is 0 Å². The lowest BCUT2D eigenvalue weighted by molar-refractivity contribution is -0.135. The lowest BCUT2D eigenvalue weighted by Crippen LogP contribution is -2.46. The Kier molecular flexibility index (Phi) is 7.23. The molecule has 7 heteroatoms. The molecule has 0 radical (unpaired) electrons. The number of rotatable bonds is 5. The van der Waals surface area contributed by atoms with Gasteiger partial charge in [0.2, 0.25) is 5.91 Å². The van der Waals surface area contributed by atoms with E-state index in [2.05, 4.69) is 15.6 Å². The maximum absolute atomic E-state index is 13.7. The van der Waals surface area contributed by atoms with Gasteiger partial charge >= 0.3 is 0 Å². The predicted molar refractivity (Wildman–Crippen MR) is 106 cm³/mol. The molecule has 2 N–H and O–H groups in total. The van der Waals surface area contributed by atoms with Gasteiger partial charge in [0.1, 0.15) is 0 Å². The van der Waals surface area contributed by atoms with Crippen molar-refractivity contribution in [1.29, 1.82) is 0 Å². The van der Waals surface area contributed by atoms with Crippen LogP contribution in [0.1, 0.15) is 44.1 Å². The Morgan fingerprint density at radius 1 is 1.21 bits per heavy atom. The summed E-state index contributed by atoms with van der Waals surface area (Å²) in [7, 11) is 1.68. The molecule has 2 aliphatic rings. The van der Waals surface area contributed by atoms with Gasteiger partial charge in [-0.15, -0.1) is 0 Å². The second-order valence-electron chi connectivity index (χ2n) is 7.71. The molecule has 154 valence electrons. The Hall–Kier alpha value is -2.18. The zero-order valence-electron chi connectivity index (χ0n) is 16.5. The minimum Gasteiger partial charge on any atom is -0.356 e. The lowest BCUT2D eigenvalue weighted by Gasteiger charge is -2.26. The van der Waals surface area contributed by atoms with Crippen LogP contribution < -0.4 is 10.6 Å². The number of nitrogens with zero attached hydrogens (tertiary/aromatic N) is 2. The van der Waals surface area contributed by atoms with Gasteiger partial charge in [0.25, 0.3) is 0 Å². The summed E-state index contributed by atoms with van der Waals surface area (Å²) < 4.78 is 27.0. The minimum absolute atomic E-state index is 0.157. The molecule has 1 heterocycles. The van der Waals surface area contributed by atoms with Gasteiger partial charge in [0, 0.05) is 38.6 Å². The quantitative estimate of drug-likeness (QED) is 0.599. The molecule has 1 amide bonds. The van der Waals surface area contributed by atoms with E-state index in [4.69, 9.17) is 0 Å². The first-order chi connectivity index (χ1) is 13.6. The van der Waals surface area contributed by atoms with Crippen molar-refractivity contribution in [3.63, 3.8) is 0 Å². The number of amides is 1. The Labute approximate surface area is 165 Å². The molecule has 1 saturated heterocycles. The van der Waals surface area contributed by atoms with E-state index in [0.717, 1.165) is 44.7 Å². The summed E-state index contributed by atoms with van der Waals surface area (Å²) in [6.07, 6.45) is 6.86. The maximum Gasteiger partial charge on any atom is 0.225 e. The number of hydrogen-bond acceptors (Lipinski definition) is 2. The molecule has 0 spiro atoms. The number of hydrogen-bond donors (Lipinski definition) is 2. The highest BCUT2D eigenvalue weighted by molar-refractivity contribution is 5.81. The average Bonchev–Trinajstić information content (AvgIpc) is 3.19. The van der Waals surface area contributed by atoms with Crippen molar-refractivity contribution in [3.8, 4) is 0 Å². The zero-order chi connectivity index (χ0) is 19.9. The number of halogens is 2. The summed E-state index contributed by atoms with van der Waals surface area (Å²) in [5, 5.41) is 6.49. The van der Waals surface area contributed by atoms with E-state index in [1.807, 2.05) is 4.90 Å². The summed E-state index contributed by atoms with van der Waals surface area (Å²) >= 11 is 0. The molecule has 1 aliphatic heterocycles. The summed E-state index contributed by atoms with van der Waals surface area (Å²) in [6.45, 7) is 1.91. The van der Waals surface area contributed by atoms with Crippen LogP contribution in [0.15, 0.2) is 23.2 Å². The van der Waals surface area contributed by atoms with E-state index >= 15 is 0 Å². The fraction of sp³-hybridized carbons (Fsp3) is 0.619. The number of carbonyl (C=O) groups is 1. The van der Waals surface area contributed by atoms with Crippen LogP contribution in [-0.2, 0) is 11.2 Å². The minimum atomic E-state index is -0.825. The number of guanidine groups is 1. The van der Waals surface area contributed by atoms with Crippen LogP contribution in [0.2, 0.25) is 0 Å². The first-order valence-corrected chi connectivity index (χ1v) is 10.3. The summed E-state index contributed by atoms with van der Waals surface area (Å²) in [5.41, 5.74) is 0.341. The van der Waals surface area contributed by atoms with Crippen molar-refractivity contribution in [2.24, 2.45) is 10.9 Å². The van der Waals surface area contributed by atoms with Crippen molar-refractivity contribution in [3.05, 3.63) is 35.4 Å². The number of carbonyl (C=O) groups excluding carboxylic acids is 1. The van der Waals surface area contributed by atoms with Gasteiger partial charge in [0.15, 0.2) is 17.6 Å². The first-order valence-electron chi connectivity index (χ1n) is 10.3. The van der Waals surface area contributed by atoms with Gasteiger partial charge in [-0.3, -0.25) is 9.79 Å².